The molecule has 1 fully saturated rings. The van der Waals surface area contributed by atoms with Crippen LogP contribution in [0, 0.1) is 12.8 Å². The van der Waals surface area contributed by atoms with E-state index in [1.54, 1.807) is 10.9 Å². The summed E-state index contributed by atoms with van der Waals surface area (Å²) in [5.41, 5.74) is 2.05. The highest BCUT2D eigenvalue weighted by Gasteiger charge is 2.15. The van der Waals surface area contributed by atoms with Gasteiger partial charge in [-0.15, -0.1) is 11.3 Å². The number of nitrogens with zero attached hydrogens (tertiary/aromatic N) is 2. The number of hydrogen-bond acceptors (Lipinski definition) is 4. The number of fused-ring (bicyclic) bond motifs is 1. The van der Waals surface area contributed by atoms with E-state index >= 15 is 0 Å². The highest BCUT2D eigenvalue weighted by Crippen LogP contribution is 2.20. The van der Waals surface area contributed by atoms with Crippen LogP contribution in [0.5, 0.6) is 0 Å². The Kier molecular flexibility index (Phi) is 3.66. The SMILES string of the molecule is Cc1csc2c(=O)n(CCCC3CCOC3)cnc12. The average molecular weight is 278 g/mol. The molecule has 3 heterocycles. The monoisotopic (exact) mass is 278 g/mol. The van der Waals surface area contributed by atoms with Gasteiger partial charge in [-0.25, -0.2) is 4.98 Å². The first-order valence-electron chi connectivity index (χ1n) is 6.76. The van der Waals surface area contributed by atoms with Crippen molar-refractivity contribution in [3.05, 3.63) is 27.6 Å². The Morgan fingerprint density at radius 2 is 2.47 bits per heavy atom. The molecule has 0 N–H and O–H groups in total. The molecule has 2 aromatic heterocycles. The van der Waals surface area contributed by atoms with E-state index in [0.29, 0.717) is 5.92 Å². The lowest BCUT2D eigenvalue weighted by molar-refractivity contribution is 0.183. The van der Waals surface area contributed by atoms with Gasteiger partial charge in [0.1, 0.15) is 4.70 Å². The molecule has 1 unspecified atom stereocenters. The minimum absolute atomic E-state index is 0.103. The van der Waals surface area contributed by atoms with Gasteiger partial charge in [-0.1, -0.05) is 0 Å². The zero-order valence-corrected chi connectivity index (χ0v) is 11.9. The van der Waals surface area contributed by atoms with Crippen molar-refractivity contribution in [3.8, 4) is 0 Å². The third-order valence-corrected chi connectivity index (χ3v) is 4.83. The average Bonchev–Trinajstić information content (AvgIpc) is 3.03. The quantitative estimate of drug-likeness (QED) is 0.863. The third-order valence-electron chi connectivity index (χ3n) is 3.76. The van der Waals surface area contributed by atoms with Crippen LogP contribution in [0.4, 0.5) is 0 Å². The van der Waals surface area contributed by atoms with Gasteiger partial charge in [0.05, 0.1) is 11.8 Å². The van der Waals surface area contributed by atoms with Crippen molar-refractivity contribution in [1.29, 1.82) is 0 Å². The number of hydrogen-bond donors (Lipinski definition) is 0. The van der Waals surface area contributed by atoms with E-state index in [-0.39, 0.29) is 5.56 Å². The van der Waals surface area contributed by atoms with Crippen LogP contribution < -0.4 is 5.56 Å². The number of aryl methyl sites for hydroxylation is 2. The Bertz CT molecular complexity index is 626. The first-order chi connectivity index (χ1) is 9.25. The molecule has 1 saturated heterocycles. The van der Waals surface area contributed by atoms with Gasteiger partial charge >= 0.3 is 0 Å². The second-order valence-corrected chi connectivity index (χ2v) is 6.09. The largest absolute Gasteiger partial charge is 0.381 e. The number of thiophene rings is 1. The number of ether oxygens (including phenoxy) is 1. The van der Waals surface area contributed by atoms with E-state index in [2.05, 4.69) is 4.98 Å². The fourth-order valence-corrected chi connectivity index (χ4v) is 3.53. The van der Waals surface area contributed by atoms with Crippen LogP contribution in [0.2, 0.25) is 0 Å². The molecule has 0 saturated carbocycles. The summed E-state index contributed by atoms with van der Waals surface area (Å²) in [6.45, 7) is 4.54. The molecule has 3 rings (SSSR count). The Morgan fingerprint density at radius 3 is 3.26 bits per heavy atom. The highest BCUT2D eigenvalue weighted by molar-refractivity contribution is 7.17. The number of rotatable bonds is 4. The summed E-state index contributed by atoms with van der Waals surface area (Å²) in [5, 5.41) is 2.00. The zero-order chi connectivity index (χ0) is 13.2. The Labute approximate surface area is 116 Å². The van der Waals surface area contributed by atoms with Crippen LogP contribution in [-0.2, 0) is 11.3 Å². The second kappa shape index (κ2) is 5.43. The normalized spacial score (nSPS) is 19.3. The summed E-state index contributed by atoms with van der Waals surface area (Å²) in [5.74, 6) is 0.677. The van der Waals surface area contributed by atoms with Crippen molar-refractivity contribution in [3.63, 3.8) is 0 Å². The van der Waals surface area contributed by atoms with E-state index in [1.165, 1.54) is 11.3 Å². The molecule has 0 aromatic carbocycles. The predicted molar refractivity (Wildman–Crippen MR) is 76.8 cm³/mol. The fourth-order valence-electron chi connectivity index (χ4n) is 2.58. The van der Waals surface area contributed by atoms with Crippen LogP contribution in [0.25, 0.3) is 10.2 Å². The zero-order valence-electron chi connectivity index (χ0n) is 11.1. The van der Waals surface area contributed by atoms with Gasteiger partial charge in [-0.05, 0) is 43.0 Å². The van der Waals surface area contributed by atoms with Crippen LogP contribution >= 0.6 is 11.3 Å². The van der Waals surface area contributed by atoms with E-state index in [0.717, 1.165) is 54.8 Å². The topological polar surface area (TPSA) is 44.1 Å². The first-order valence-corrected chi connectivity index (χ1v) is 7.64. The summed E-state index contributed by atoms with van der Waals surface area (Å²) in [7, 11) is 0. The summed E-state index contributed by atoms with van der Waals surface area (Å²) in [6, 6.07) is 0. The fraction of sp³-hybridized carbons (Fsp3) is 0.571. The van der Waals surface area contributed by atoms with Crippen molar-refractivity contribution in [2.75, 3.05) is 13.2 Å². The third kappa shape index (κ3) is 2.58. The van der Waals surface area contributed by atoms with E-state index in [1.807, 2.05) is 12.3 Å². The summed E-state index contributed by atoms with van der Waals surface area (Å²) in [6.07, 6.45) is 5.01. The lowest BCUT2D eigenvalue weighted by atomic mass is 10.0. The molecule has 1 aliphatic heterocycles. The molecule has 0 bridgehead atoms. The van der Waals surface area contributed by atoms with Crippen molar-refractivity contribution in [2.45, 2.75) is 32.7 Å². The molecule has 0 spiro atoms. The molecule has 4 nitrogen and oxygen atoms in total. The minimum Gasteiger partial charge on any atom is -0.381 e. The molecule has 1 aliphatic rings. The molecule has 5 heteroatoms. The van der Waals surface area contributed by atoms with Crippen LogP contribution in [-0.4, -0.2) is 22.8 Å². The van der Waals surface area contributed by atoms with Crippen molar-refractivity contribution in [2.24, 2.45) is 5.92 Å². The van der Waals surface area contributed by atoms with Crippen molar-refractivity contribution in [1.82, 2.24) is 9.55 Å². The van der Waals surface area contributed by atoms with Crippen molar-refractivity contribution >= 4 is 21.6 Å². The molecular weight excluding hydrogens is 260 g/mol. The molecule has 0 amide bonds. The molecule has 19 heavy (non-hydrogen) atoms. The molecule has 2 aromatic rings. The van der Waals surface area contributed by atoms with E-state index < -0.39 is 0 Å². The maximum Gasteiger partial charge on any atom is 0.271 e. The predicted octanol–water partition coefficient (Wildman–Crippen LogP) is 2.58. The minimum atomic E-state index is 0.103. The Morgan fingerprint density at radius 1 is 1.58 bits per heavy atom. The lowest BCUT2D eigenvalue weighted by Crippen LogP contribution is -2.20. The summed E-state index contributed by atoms with van der Waals surface area (Å²) < 4.78 is 7.89. The van der Waals surface area contributed by atoms with Crippen LogP contribution in [0.3, 0.4) is 0 Å². The maximum absolute atomic E-state index is 12.3. The number of aromatic nitrogens is 2. The Balaban J connectivity index is 1.70. The summed E-state index contributed by atoms with van der Waals surface area (Å²) in [4.78, 5) is 16.7. The molecule has 1 atom stereocenters. The molecule has 0 aliphatic carbocycles. The second-order valence-electron chi connectivity index (χ2n) is 5.21. The van der Waals surface area contributed by atoms with Gasteiger partial charge in [0.15, 0.2) is 0 Å². The smallest absolute Gasteiger partial charge is 0.271 e. The van der Waals surface area contributed by atoms with Crippen LogP contribution in [0.1, 0.15) is 24.8 Å². The highest BCUT2D eigenvalue weighted by atomic mass is 32.1. The van der Waals surface area contributed by atoms with Gasteiger partial charge in [0.25, 0.3) is 5.56 Å². The molecule has 0 radical (unpaired) electrons. The summed E-state index contributed by atoms with van der Waals surface area (Å²) >= 11 is 1.50. The van der Waals surface area contributed by atoms with Gasteiger partial charge in [0, 0.05) is 19.8 Å². The van der Waals surface area contributed by atoms with Gasteiger partial charge < -0.3 is 4.74 Å². The molecule has 102 valence electrons. The van der Waals surface area contributed by atoms with E-state index in [4.69, 9.17) is 4.74 Å². The first kappa shape index (κ1) is 12.8. The van der Waals surface area contributed by atoms with Gasteiger partial charge in [-0.3, -0.25) is 9.36 Å². The standard InChI is InChI=1S/C14H18N2O2S/c1-10-8-19-13-12(10)15-9-16(14(13)17)5-2-3-11-4-6-18-7-11/h8-9,11H,2-7H2,1H3. The van der Waals surface area contributed by atoms with Crippen molar-refractivity contribution < 1.29 is 4.74 Å². The Hall–Kier alpha value is -1.20. The van der Waals surface area contributed by atoms with E-state index in [9.17, 15) is 4.79 Å². The lowest BCUT2D eigenvalue weighted by Gasteiger charge is -2.08. The van der Waals surface area contributed by atoms with Crippen LogP contribution in [0.15, 0.2) is 16.5 Å². The maximum atomic E-state index is 12.3. The van der Waals surface area contributed by atoms with Gasteiger partial charge in [0.2, 0.25) is 0 Å². The van der Waals surface area contributed by atoms with Gasteiger partial charge in [-0.2, -0.15) is 0 Å². The molecular formula is C14H18N2O2S.